The topological polar surface area (TPSA) is 76.0 Å². The summed E-state index contributed by atoms with van der Waals surface area (Å²) < 4.78 is 42.5. The van der Waals surface area contributed by atoms with Gasteiger partial charge in [0.05, 0.1) is 11.9 Å². The van der Waals surface area contributed by atoms with E-state index in [-0.39, 0.29) is 22.8 Å². The molecule has 0 fully saturated rings. The molecule has 0 unspecified atom stereocenters. The number of hydrogen-bond donors (Lipinski definition) is 2. The molecule has 9 heteroatoms. The quantitative estimate of drug-likeness (QED) is 0.874. The standard InChI is InChI=1S/C12H14ClFN4O2S/c1-15-5-8-3-9(13)4-11(12(8)14)21(19,20)17-10-6-16-18(2)7-10/h3-4,6-7,15,17H,5H2,1-2H3. The van der Waals surface area contributed by atoms with Gasteiger partial charge in [-0.05, 0) is 19.2 Å². The molecule has 1 aromatic heterocycles. The fraction of sp³-hybridized carbons (Fsp3) is 0.250. The summed E-state index contributed by atoms with van der Waals surface area (Å²) in [6.07, 6.45) is 2.79. The molecule has 0 amide bonds. The maximum absolute atomic E-state index is 14.3. The first-order valence-corrected chi connectivity index (χ1v) is 7.83. The van der Waals surface area contributed by atoms with Crippen molar-refractivity contribution in [1.82, 2.24) is 15.1 Å². The third-order valence-corrected chi connectivity index (χ3v) is 4.29. The first kappa shape index (κ1) is 15.7. The lowest BCUT2D eigenvalue weighted by Gasteiger charge is -2.11. The van der Waals surface area contributed by atoms with E-state index in [1.807, 2.05) is 0 Å². The third kappa shape index (κ3) is 3.52. The van der Waals surface area contributed by atoms with Crippen LogP contribution in [0.4, 0.5) is 10.1 Å². The predicted molar refractivity (Wildman–Crippen MR) is 78.2 cm³/mol. The number of rotatable bonds is 5. The van der Waals surface area contributed by atoms with Crippen LogP contribution in [-0.2, 0) is 23.6 Å². The number of nitrogens with zero attached hydrogens (tertiary/aromatic N) is 2. The molecule has 0 aliphatic rings. The summed E-state index contributed by atoms with van der Waals surface area (Å²) in [5.41, 5.74) is 0.420. The molecule has 1 heterocycles. The van der Waals surface area contributed by atoms with Gasteiger partial charge < -0.3 is 5.32 Å². The first-order chi connectivity index (χ1) is 9.83. The molecule has 0 saturated heterocycles. The van der Waals surface area contributed by atoms with Gasteiger partial charge >= 0.3 is 0 Å². The highest BCUT2D eigenvalue weighted by molar-refractivity contribution is 7.92. The summed E-state index contributed by atoms with van der Waals surface area (Å²) in [5, 5.41) is 6.74. The fourth-order valence-corrected chi connectivity index (χ4v) is 3.30. The highest BCUT2D eigenvalue weighted by Gasteiger charge is 2.23. The molecule has 2 aromatic rings. The van der Waals surface area contributed by atoms with Crippen LogP contribution in [0, 0.1) is 5.82 Å². The monoisotopic (exact) mass is 332 g/mol. The van der Waals surface area contributed by atoms with Crippen LogP contribution in [0.2, 0.25) is 5.02 Å². The fourth-order valence-electron chi connectivity index (χ4n) is 1.82. The van der Waals surface area contributed by atoms with Gasteiger partial charge in [-0.25, -0.2) is 12.8 Å². The van der Waals surface area contributed by atoms with Crippen molar-refractivity contribution >= 4 is 27.3 Å². The smallest absolute Gasteiger partial charge is 0.264 e. The minimum atomic E-state index is -4.08. The van der Waals surface area contributed by atoms with Crippen molar-refractivity contribution in [2.24, 2.45) is 7.05 Å². The Morgan fingerprint density at radius 3 is 2.71 bits per heavy atom. The van der Waals surface area contributed by atoms with E-state index in [9.17, 15) is 12.8 Å². The third-order valence-electron chi connectivity index (χ3n) is 2.69. The van der Waals surface area contributed by atoms with Crippen LogP contribution in [0.25, 0.3) is 0 Å². The molecule has 114 valence electrons. The maximum atomic E-state index is 14.3. The second-order valence-corrected chi connectivity index (χ2v) is 6.50. The van der Waals surface area contributed by atoms with Crippen molar-refractivity contribution < 1.29 is 12.8 Å². The average Bonchev–Trinajstić information content (AvgIpc) is 2.78. The van der Waals surface area contributed by atoms with Crippen LogP contribution in [-0.4, -0.2) is 25.2 Å². The Hall–Kier alpha value is -1.64. The molecule has 1 aromatic carbocycles. The Balaban J connectivity index is 2.44. The molecular formula is C12H14ClFN4O2S. The zero-order valence-corrected chi connectivity index (χ0v) is 13.0. The Morgan fingerprint density at radius 1 is 1.43 bits per heavy atom. The zero-order valence-electron chi connectivity index (χ0n) is 11.4. The number of sulfonamides is 1. The van der Waals surface area contributed by atoms with Crippen molar-refractivity contribution in [2.45, 2.75) is 11.4 Å². The normalized spacial score (nSPS) is 11.6. The summed E-state index contributed by atoms with van der Waals surface area (Å²) in [6.45, 7) is 0.168. The summed E-state index contributed by atoms with van der Waals surface area (Å²) in [5.74, 6) is -0.829. The van der Waals surface area contributed by atoms with Gasteiger partial charge in [0.1, 0.15) is 10.7 Å². The van der Waals surface area contributed by atoms with E-state index in [1.54, 1.807) is 14.1 Å². The number of benzene rings is 1. The molecule has 21 heavy (non-hydrogen) atoms. The van der Waals surface area contributed by atoms with Crippen molar-refractivity contribution in [2.75, 3.05) is 11.8 Å². The number of halogens is 2. The molecule has 0 aliphatic carbocycles. The van der Waals surface area contributed by atoms with Crippen LogP contribution in [0.3, 0.4) is 0 Å². The molecule has 2 rings (SSSR count). The van der Waals surface area contributed by atoms with Crippen LogP contribution in [0.1, 0.15) is 5.56 Å². The summed E-state index contributed by atoms with van der Waals surface area (Å²) in [4.78, 5) is -0.496. The molecular weight excluding hydrogens is 319 g/mol. The second-order valence-electron chi connectivity index (χ2n) is 4.42. The number of aromatic nitrogens is 2. The Labute approximate surface area is 127 Å². The Kier molecular flexibility index (Phi) is 4.50. The molecule has 0 spiro atoms. The summed E-state index contributed by atoms with van der Waals surface area (Å²) in [6, 6.07) is 2.46. The van der Waals surface area contributed by atoms with E-state index in [0.717, 1.165) is 6.07 Å². The molecule has 0 atom stereocenters. The van der Waals surface area contributed by atoms with Gasteiger partial charge in [0, 0.05) is 30.4 Å². The largest absolute Gasteiger partial charge is 0.316 e. The van der Waals surface area contributed by atoms with Crippen molar-refractivity contribution in [3.8, 4) is 0 Å². The van der Waals surface area contributed by atoms with Gasteiger partial charge in [-0.15, -0.1) is 0 Å². The SMILES string of the molecule is CNCc1cc(Cl)cc(S(=O)(=O)Nc2cnn(C)c2)c1F. The van der Waals surface area contributed by atoms with E-state index in [4.69, 9.17) is 11.6 Å². The minimum absolute atomic E-state index is 0.146. The Bertz CT molecular complexity index is 761. The lowest BCUT2D eigenvalue weighted by Crippen LogP contribution is -2.16. The zero-order chi connectivity index (χ0) is 15.6. The number of nitrogens with one attached hydrogen (secondary N) is 2. The van der Waals surface area contributed by atoms with E-state index in [1.165, 1.54) is 23.1 Å². The molecule has 0 aliphatic heterocycles. The van der Waals surface area contributed by atoms with Gasteiger partial charge in [-0.3, -0.25) is 9.40 Å². The molecule has 6 nitrogen and oxygen atoms in total. The average molecular weight is 333 g/mol. The molecule has 0 saturated carbocycles. The lowest BCUT2D eigenvalue weighted by atomic mass is 10.2. The van der Waals surface area contributed by atoms with Crippen LogP contribution >= 0.6 is 11.6 Å². The van der Waals surface area contributed by atoms with Crippen molar-refractivity contribution in [3.63, 3.8) is 0 Å². The van der Waals surface area contributed by atoms with E-state index in [0.29, 0.717) is 0 Å². The van der Waals surface area contributed by atoms with Gasteiger partial charge in [-0.1, -0.05) is 11.6 Å². The van der Waals surface area contributed by atoms with E-state index >= 15 is 0 Å². The number of aryl methyl sites for hydroxylation is 1. The van der Waals surface area contributed by atoms with Crippen LogP contribution < -0.4 is 10.0 Å². The highest BCUT2D eigenvalue weighted by atomic mass is 35.5. The second kappa shape index (κ2) is 6.00. The van der Waals surface area contributed by atoms with Gasteiger partial charge in [-0.2, -0.15) is 5.10 Å². The minimum Gasteiger partial charge on any atom is -0.316 e. The molecule has 2 N–H and O–H groups in total. The summed E-state index contributed by atoms with van der Waals surface area (Å²) in [7, 11) is -0.815. The van der Waals surface area contributed by atoms with Crippen molar-refractivity contribution in [1.29, 1.82) is 0 Å². The maximum Gasteiger partial charge on any atom is 0.264 e. The van der Waals surface area contributed by atoms with Crippen molar-refractivity contribution in [3.05, 3.63) is 40.9 Å². The lowest BCUT2D eigenvalue weighted by molar-refractivity contribution is 0.556. The van der Waals surface area contributed by atoms with Gasteiger partial charge in [0.25, 0.3) is 10.0 Å². The summed E-state index contributed by atoms with van der Waals surface area (Å²) >= 11 is 5.87. The molecule has 0 radical (unpaired) electrons. The van der Waals surface area contributed by atoms with Crippen LogP contribution in [0.15, 0.2) is 29.4 Å². The number of hydrogen-bond acceptors (Lipinski definition) is 4. The predicted octanol–water partition coefficient (Wildman–Crippen LogP) is 1.73. The van der Waals surface area contributed by atoms with E-state index in [2.05, 4.69) is 15.1 Å². The van der Waals surface area contributed by atoms with Gasteiger partial charge in [0.2, 0.25) is 0 Å². The highest BCUT2D eigenvalue weighted by Crippen LogP contribution is 2.25. The van der Waals surface area contributed by atoms with Gasteiger partial charge in [0.15, 0.2) is 0 Å². The van der Waals surface area contributed by atoms with Crippen LogP contribution in [0.5, 0.6) is 0 Å². The first-order valence-electron chi connectivity index (χ1n) is 5.97. The number of anilines is 1. The Morgan fingerprint density at radius 2 is 2.14 bits per heavy atom. The van der Waals surface area contributed by atoms with E-state index < -0.39 is 20.7 Å². The molecule has 0 bridgehead atoms.